The third-order valence-corrected chi connectivity index (χ3v) is 6.38. The number of benzene rings is 2. The Balaban J connectivity index is 1.37. The van der Waals surface area contributed by atoms with E-state index in [4.69, 9.17) is 5.73 Å². The normalized spacial score (nSPS) is 23.9. The van der Waals surface area contributed by atoms with Crippen LogP contribution in [0.1, 0.15) is 51.5 Å². The van der Waals surface area contributed by atoms with Gasteiger partial charge in [0.1, 0.15) is 6.04 Å². The molecule has 0 spiro atoms. The molecule has 2 unspecified atom stereocenters. The molecular weight excluding hydrogens is 380 g/mol. The summed E-state index contributed by atoms with van der Waals surface area (Å²) in [5, 5.41) is 2.35. The first-order valence-electron chi connectivity index (χ1n) is 10.3. The van der Waals surface area contributed by atoms with Gasteiger partial charge in [-0.15, -0.1) is 0 Å². The zero-order valence-electron chi connectivity index (χ0n) is 16.6. The Bertz CT molecular complexity index is 1050. The van der Waals surface area contributed by atoms with Crippen molar-refractivity contribution in [2.45, 2.75) is 44.6 Å². The summed E-state index contributed by atoms with van der Waals surface area (Å²) in [6, 6.07) is 13.4. The minimum absolute atomic E-state index is 0.0340. The number of piperidine rings is 1. The Kier molecular flexibility index (Phi) is 4.64. The van der Waals surface area contributed by atoms with E-state index in [-0.39, 0.29) is 30.2 Å². The first-order valence-corrected chi connectivity index (χ1v) is 10.3. The van der Waals surface area contributed by atoms with Crippen molar-refractivity contribution in [3.8, 4) is 0 Å². The van der Waals surface area contributed by atoms with Crippen LogP contribution in [0.2, 0.25) is 0 Å². The summed E-state index contributed by atoms with van der Waals surface area (Å²) in [4.78, 5) is 40.7. The van der Waals surface area contributed by atoms with Gasteiger partial charge in [0, 0.05) is 44.2 Å². The number of nitrogens with zero attached hydrogens (tertiary/aromatic N) is 2. The fourth-order valence-corrected chi connectivity index (χ4v) is 4.88. The van der Waals surface area contributed by atoms with Gasteiger partial charge in [-0.25, -0.2) is 0 Å². The van der Waals surface area contributed by atoms with Crippen LogP contribution >= 0.6 is 0 Å². The van der Waals surface area contributed by atoms with Crippen molar-refractivity contribution >= 4 is 17.7 Å². The number of carbonyl (C=O) groups is 3. The Morgan fingerprint density at radius 3 is 2.70 bits per heavy atom. The molecule has 0 bridgehead atoms. The molecule has 0 radical (unpaired) electrons. The van der Waals surface area contributed by atoms with Crippen LogP contribution in [0, 0.1) is 0 Å². The number of hydrogen-bond acceptors (Lipinski definition) is 5. The fourth-order valence-electron chi connectivity index (χ4n) is 4.88. The fraction of sp³-hybridized carbons (Fsp3) is 0.348. The monoisotopic (exact) mass is 404 g/mol. The number of imide groups is 1. The molecule has 3 aliphatic rings. The minimum atomic E-state index is -0.592. The van der Waals surface area contributed by atoms with Gasteiger partial charge in [-0.05, 0) is 34.7 Å². The van der Waals surface area contributed by atoms with E-state index in [9.17, 15) is 14.4 Å². The number of nitrogens with one attached hydrogen (secondary N) is 1. The van der Waals surface area contributed by atoms with Crippen LogP contribution < -0.4 is 11.1 Å². The molecule has 1 saturated heterocycles. The SMILES string of the molecule is NC1CN(Cc2cccc3c2CN(C2CCC(=O)NC2=O)C3=O)Cc2ccccc21. The Morgan fingerprint density at radius 1 is 1.03 bits per heavy atom. The largest absolute Gasteiger partial charge is 0.323 e. The van der Waals surface area contributed by atoms with E-state index in [2.05, 4.69) is 22.3 Å². The molecule has 2 aromatic carbocycles. The zero-order valence-corrected chi connectivity index (χ0v) is 16.6. The molecule has 0 saturated carbocycles. The van der Waals surface area contributed by atoms with Crippen LogP contribution in [-0.2, 0) is 29.2 Å². The first-order chi connectivity index (χ1) is 14.5. The van der Waals surface area contributed by atoms with Crippen molar-refractivity contribution in [1.82, 2.24) is 15.1 Å². The standard InChI is InChI=1S/C23H24N4O3/c24-19-13-26(10-14-4-1-2-6-16(14)19)11-15-5-3-7-17-18(15)12-27(23(17)30)20-8-9-21(28)25-22(20)29/h1-7,19-20H,8-13,24H2,(H,25,28,29). The summed E-state index contributed by atoms with van der Waals surface area (Å²) in [6.07, 6.45) is 0.631. The van der Waals surface area contributed by atoms with Crippen LogP contribution in [0.25, 0.3) is 0 Å². The molecule has 3 heterocycles. The van der Waals surface area contributed by atoms with E-state index in [0.29, 0.717) is 25.1 Å². The van der Waals surface area contributed by atoms with Gasteiger partial charge in [-0.1, -0.05) is 36.4 Å². The molecule has 1 fully saturated rings. The molecule has 7 heteroatoms. The van der Waals surface area contributed by atoms with Crippen molar-refractivity contribution in [3.63, 3.8) is 0 Å². The summed E-state index contributed by atoms with van der Waals surface area (Å²) in [5.74, 6) is -0.794. The molecule has 7 nitrogen and oxygen atoms in total. The molecule has 0 aliphatic carbocycles. The maximum absolute atomic E-state index is 13.0. The van der Waals surface area contributed by atoms with Crippen molar-refractivity contribution in [1.29, 1.82) is 0 Å². The van der Waals surface area contributed by atoms with Gasteiger partial charge < -0.3 is 10.6 Å². The lowest BCUT2D eigenvalue weighted by molar-refractivity contribution is -0.136. The lowest BCUT2D eigenvalue weighted by atomic mass is 9.95. The van der Waals surface area contributed by atoms with E-state index in [1.807, 2.05) is 30.3 Å². The van der Waals surface area contributed by atoms with Gasteiger partial charge >= 0.3 is 0 Å². The maximum atomic E-state index is 13.0. The molecule has 2 atom stereocenters. The van der Waals surface area contributed by atoms with E-state index in [0.717, 1.165) is 24.2 Å². The Morgan fingerprint density at radius 2 is 1.87 bits per heavy atom. The number of hydrogen-bond donors (Lipinski definition) is 2. The molecule has 2 aromatic rings. The molecule has 3 aliphatic heterocycles. The highest BCUT2D eigenvalue weighted by Crippen LogP contribution is 2.32. The second kappa shape index (κ2) is 7.34. The Labute approximate surface area is 174 Å². The highest BCUT2D eigenvalue weighted by molar-refractivity contribution is 6.05. The highest BCUT2D eigenvalue weighted by atomic mass is 16.2. The van der Waals surface area contributed by atoms with E-state index in [1.54, 1.807) is 4.90 Å². The predicted molar refractivity (Wildman–Crippen MR) is 110 cm³/mol. The zero-order chi connectivity index (χ0) is 20.8. The lowest BCUT2D eigenvalue weighted by Gasteiger charge is -2.33. The quantitative estimate of drug-likeness (QED) is 0.756. The molecule has 5 rings (SSSR count). The van der Waals surface area contributed by atoms with Crippen LogP contribution in [0.4, 0.5) is 0 Å². The summed E-state index contributed by atoms with van der Waals surface area (Å²) >= 11 is 0. The number of fused-ring (bicyclic) bond motifs is 2. The second-order valence-corrected chi connectivity index (χ2v) is 8.32. The van der Waals surface area contributed by atoms with E-state index >= 15 is 0 Å². The molecule has 30 heavy (non-hydrogen) atoms. The molecule has 0 aromatic heterocycles. The highest BCUT2D eigenvalue weighted by Gasteiger charge is 2.40. The van der Waals surface area contributed by atoms with E-state index < -0.39 is 6.04 Å². The van der Waals surface area contributed by atoms with Crippen LogP contribution in [0.5, 0.6) is 0 Å². The van der Waals surface area contributed by atoms with Gasteiger partial charge in [0.05, 0.1) is 0 Å². The van der Waals surface area contributed by atoms with Crippen LogP contribution in [-0.4, -0.2) is 40.1 Å². The maximum Gasteiger partial charge on any atom is 0.255 e. The molecule has 3 N–H and O–H groups in total. The van der Waals surface area contributed by atoms with Crippen molar-refractivity contribution in [3.05, 3.63) is 70.3 Å². The smallest absolute Gasteiger partial charge is 0.255 e. The average molecular weight is 404 g/mol. The second-order valence-electron chi connectivity index (χ2n) is 8.32. The predicted octanol–water partition coefficient (Wildman–Crippen LogP) is 1.46. The van der Waals surface area contributed by atoms with Gasteiger partial charge in [-0.3, -0.25) is 24.6 Å². The lowest BCUT2D eigenvalue weighted by Crippen LogP contribution is -2.52. The molecule has 3 amide bonds. The van der Waals surface area contributed by atoms with Gasteiger partial charge in [-0.2, -0.15) is 0 Å². The molecule has 154 valence electrons. The van der Waals surface area contributed by atoms with Crippen molar-refractivity contribution in [2.75, 3.05) is 6.54 Å². The summed E-state index contributed by atoms with van der Waals surface area (Å²) in [6.45, 7) is 2.67. The van der Waals surface area contributed by atoms with Gasteiger partial charge in [0.2, 0.25) is 11.8 Å². The summed E-state index contributed by atoms with van der Waals surface area (Å²) in [7, 11) is 0. The third-order valence-electron chi connectivity index (χ3n) is 6.38. The first kappa shape index (κ1) is 19.0. The van der Waals surface area contributed by atoms with Crippen molar-refractivity contribution in [2.24, 2.45) is 5.73 Å². The van der Waals surface area contributed by atoms with Crippen molar-refractivity contribution < 1.29 is 14.4 Å². The summed E-state index contributed by atoms with van der Waals surface area (Å²) < 4.78 is 0. The third kappa shape index (κ3) is 3.20. The van der Waals surface area contributed by atoms with Crippen LogP contribution in [0.15, 0.2) is 42.5 Å². The minimum Gasteiger partial charge on any atom is -0.323 e. The number of nitrogens with two attached hydrogens (primary N) is 1. The average Bonchev–Trinajstić information content (AvgIpc) is 3.06. The Hall–Kier alpha value is -3.03. The van der Waals surface area contributed by atoms with E-state index in [1.165, 1.54) is 11.1 Å². The van der Waals surface area contributed by atoms with Crippen LogP contribution in [0.3, 0.4) is 0 Å². The van der Waals surface area contributed by atoms with Gasteiger partial charge in [0.25, 0.3) is 5.91 Å². The topological polar surface area (TPSA) is 95.7 Å². The molecular formula is C23H24N4O3. The van der Waals surface area contributed by atoms with Gasteiger partial charge in [0.15, 0.2) is 0 Å². The number of rotatable bonds is 3. The summed E-state index contributed by atoms with van der Waals surface area (Å²) in [5.41, 5.74) is 11.5. The number of carbonyl (C=O) groups excluding carboxylic acids is 3. The number of amides is 3.